The van der Waals surface area contributed by atoms with E-state index >= 15 is 0 Å². The van der Waals surface area contributed by atoms with Gasteiger partial charge in [0.05, 0.1) is 6.54 Å². The van der Waals surface area contributed by atoms with Crippen molar-refractivity contribution in [3.63, 3.8) is 0 Å². The number of benzene rings is 2. The number of carbonyl (C=O) groups excluding carboxylic acids is 1. The Morgan fingerprint density at radius 1 is 1.27 bits per heavy atom. The SMILES string of the molecule is Cc1cc(-c2cc(F)cc3c2O[C@@H](CNC(=O)C2(C)CC2)C3)ccc1F. The minimum atomic E-state index is -0.348. The van der Waals surface area contributed by atoms with Crippen molar-refractivity contribution in [3.05, 3.63) is 53.1 Å². The Bertz CT molecular complexity index is 890. The van der Waals surface area contributed by atoms with Crippen LogP contribution in [0.15, 0.2) is 30.3 Å². The highest BCUT2D eigenvalue weighted by atomic mass is 19.1. The molecule has 0 bridgehead atoms. The van der Waals surface area contributed by atoms with Crippen LogP contribution in [0.1, 0.15) is 30.9 Å². The standard InChI is InChI=1S/C21H21F2NO2/c1-12-7-13(3-4-18(12)23)17-10-15(22)8-14-9-16(26-19(14)17)11-24-20(25)21(2)5-6-21/h3-4,7-8,10,16H,5-6,9,11H2,1-2H3,(H,24,25)/t16-/m1/s1. The van der Waals surface area contributed by atoms with Crippen molar-refractivity contribution in [3.8, 4) is 16.9 Å². The highest BCUT2D eigenvalue weighted by Gasteiger charge is 2.45. The second-order valence-electron chi connectivity index (χ2n) is 7.62. The lowest BCUT2D eigenvalue weighted by molar-refractivity contribution is -0.126. The first kappa shape index (κ1) is 17.0. The second kappa shape index (κ2) is 6.08. The van der Waals surface area contributed by atoms with Crippen LogP contribution in [0, 0.1) is 24.0 Å². The Kier molecular flexibility index (Phi) is 3.98. The fraction of sp³-hybridized carbons (Fsp3) is 0.381. The Morgan fingerprint density at radius 2 is 2.04 bits per heavy atom. The van der Waals surface area contributed by atoms with E-state index in [1.54, 1.807) is 19.1 Å². The molecule has 2 aromatic carbocycles. The molecule has 1 fully saturated rings. The first-order chi connectivity index (χ1) is 12.4. The molecule has 0 saturated heterocycles. The fourth-order valence-electron chi connectivity index (χ4n) is 3.37. The summed E-state index contributed by atoms with van der Waals surface area (Å²) < 4.78 is 33.7. The summed E-state index contributed by atoms with van der Waals surface area (Å²) in [4.78, 5) is 12.1. The van der Waals surface area contributed by atoms with Crippen molar-refractivity contribution in [2.75, 3.05) is 6.54 Å². The monoisotopic (exact) mass is 357 g/mol. The van der Waals surface area contributed by atoms with Gasteiger partial charge in [-0.15, -0.1) is 0 Å². The predicted molar refractivity (Wildman–Crippen MR) is 95.0 cm³/mol. The van der Waals surface area contributed by atoms with Gasteiger partial charge in [0.1, 0.15) is 23.5 Å². The average molecular weight is 357 g/mol. The number of hydrogen-bond donors (Lipinski definition) is 1. The number of fused-ring (bicyclic) bond motifs is 1. The third kappa shape index (κ3) is 3.06. The Labute approximate surface area is 151 Å². The summed E-state index contributed by atoms with van der Waals surface area (Å²) in [6.07, 6.45) is 2.16. The van der Waals surface area contributed by atoms with E-state index in [1.807, 2.05) is 6.92 Å². The fourth-order valence-corrected chi connectivity index (χ4v) is 3.37. The molecule has 26 heavy (non-hydrogen) atoms. The normalized spacial score (nSPS) is 19.6. The van der Waals surface area contributed by atoms with Crippen LogP contribution < -0.4 is 10.1 Å². The summed E-state index contributed by atoms with van der Waals surface area (Å²) in [5.41, 5.74) is 2.38. The minimum Gasteiger partial charge on any atom is -0.487 e. The molecular weight excluding hydrogens is 336 g/mol. The molecule has 2 aromatic rings. The smallest absolute Gasteiger partial charge is 0.226 e. The molecule has 1 heterocycles. The van der Waals surface area contributed by atoms with Crippen LogP contribution >= 0.6 is 0 Å². The van der Waals surface area contributed by atoms with Crippen LogP contribution in [0.5, 0.6) is 5.75 Å². The van der Waals surface area contributed by atoms with Crippen LogP contribution in [0.2, 0.25) is 0 Å². The number of hydrogen-bond acceptors (Lipinski definition) is 2. The lowest BCUT2D eigenvalue weighted by Crippen LogP contribution is -2.38. The van der Waals surface area contributed by atoms with Gasteiger partial charge in [0.25, 0.3) is 0 Å². The number of halogens is 2. The summed E-state index contributed by atoms with van der Waals surface area (Å²) in [5, 5.41) is 2.95. The highest BCUT2D eigenvalue weighted by molar-refractivity contribution is 5.84. The molecule has 1 saturated carbocycles. The van der Waals surface area contributed by atoms with Crippen molar-refractivity contribution < 1.29 is 18.3 Å². The molecule has 1 N–H and O–H groups in total. The molecule has 136 valence electrons. The molecule has 1 atom stereocenters. The Balaban J connectivity index is 1.56. The van der Waals surface area contributed by atoms with Crippen molar-refractivity contribution in [1.82, 2.24) is 5.32 Å². The third-order valence-electron chi connectivity index (χ3n) is 5.37. The van der Waals surface area contributed by atoms with Gasteiger partial charge in [-0.2, -0.15) is 0 Å². The van der Waals surface area contributed by atoms with Crippen molar-refractivity contribution in [2.45, 2.75) is 39.2 Å². The van der Waals surface area contributed by atoms with Gasteiger partial charge in [0.15, 0.2) is 0 Å². The first-order valence-corrected chi connectivity index (χ1v) is 8.90. The van der Waals surface area contributed by atoms with Gasteiger partial charge in [0.2, 0.25) is 5.91 Å². The molecule has 0 unspecified atom stereocenters. The van der Waals surface area contributed by atoms with Crippen molar-refractivity contribution in [2.24, 2.45) is 5.41 Å². The van der Waals surface area contributed by atoms with E-state index < -0.39 is 0 Å². The molecule has 1 aliphatic carbocycles. The second-order valence-corrected chi connectivity index (χ2v) is 7.62. The zero-order valence-electron chi connectivity index (χ0n) is 14.9. The summed E-state index contributed by atoms with van der Waals surface area (Å²) >= 11 is 0. The van der Waals surface area contributed by atoms with Gasteiger partial charge in [-0.1, -0.05) is 13.0 Å². The zero-order valence-corrected chi connectivity index (χ0v) is 14.9. The Morgan fingerprint density at radius 3 is 2.73 bits per heavy atom. The van der Waals surface area contributed by atoms with E-state index in [4.69, 9.17) is 4.74 Å². The van der Waals surface area contributed by atoms with Crippen LogP contribution in [0.25, 0.3) is 11.1 Å². The van der Waals surface area contributed by atoms with Crippen molar-refractivity contribution in [1.29, 1.82) is 0 Å². The summed E-state index contributed by atoms with van der Waals surface area (Å²) in [5.74, 6) is 0.0308. The molecule has 2 aliphatic rings. The molecule has 5 heteroatoms. The van der Waals surface area contributed by atoms with E-state index in [-0.39, 0.29) is 29.1 Å². The molecule has 0 aromatic heterocycles. The van der Waals surface area contributed by atoms with Crippen molar-refractivity contribution >= 4 is 5.91 Å². The topological polar surface area (TPSA) is 38.3 Å². The molecule has 1 aliphatic heterocycles. The number of ether oxygens (including phenoxy) is 1. The maximum absolute atomic E-state index is 14.1. The maximum Gasteiger partial charge on any atom is 0.226 e. The van der Waals surface area contributed by atoms with E-state index in [9.17, 15) is 13.6 Å². The van der Waals surface area contributed by atoms with E-state index in [2.05, 4.69) is 5.32 Å². The number of amides is 1. The number of carbonyl (C=O) groups is 1. The van der Waals surface area contributed by atoms with Gasteiger partial charge in [0, 0.05) is 23.0 Å². The Hall–Kier alpha value is -2.43. The molecule has 4 rings (SSSR count). The largest absolute Gasteiger partial charge is 0.487 e. The van der Waals surface area contributed by atoms with Gasteiger partial charge < -0.3 is 10.1 Å². The van der Waals surface area contributed by atoms with Crippen LogP contribution in [-0.4, -0.2) is 18.6 Å². The van der Waals surface area contributed by atoms with Gasteiger partial charge in [-0.3, -0.25) is 4.79 Å². The number of aryl methyl sites for hydroxylation is 1. The summed E-state index contributed by atoms with van der Waals surface area (Å²) in [6.45, 7) is 4.03. The van der Waals surface area contributed by atoms with E-state index in [0.717, 1.165) is 24.0 Å². The molecular formula is C21H21F2NO2. The molecule has 0 spiro atoms. The third-order valence-corrected chi connectivity index (χ3v) is 5.37. The summed E-state index contributed by atoms with van der Waals surface area (Å²) in [7, 11) is 0. The van der Waals surface area contributed by atoms with E-state index in [1.165, 1.54) is 18.2 Å². The molecule has 3 nitrogen and oxygen atoms in total. The maximum atomic E-state index is 14.1. The van der Waals surface area contributed by atoms with Crippen LogP contribution in [-0.2, 0) is 11.2 Å². The lowest BCUT2D eigenvalue weighted by Gasteiger charge is -2.15. The zero-order chi connectivity index (χ0) is 18.5. The first-order valence-electron chi connectivity index (χ1n) is 8.90. The minimum absolute atomic E-state index is 0.0534. The van der Waals surface area contributed by atoms with Gasteiger partial charge >= 0.3 is 0 Å². The number of nitrogens with one attached hydrogen (secondary N) is 1. The molecule has 0 radical (unpaired) electrons. The van der Waals surface area contributed by atoms with E-state index in [0.29, 0.717) is 29.8 Å². The van der Waals surface area contributed by atoms with Crippen LogP contribution in [0.4, 0.5) is 8.78 Å². The van der Waals surface area contributed by atoms with Gasteiger partial charge in [-0.05, 0) is 55.2 Å². The van der Waals surface area contributed by atoms with Gasteiger partial charge in [-0.25, -0.2) is 8.78 Å². The summed E-state index contributed by atoms with van der Waals surface area (Å²) in [6, 6.07) is 7.59. The predicted octanol–water partition coefficient (Wildman–Crippen LogP) is 4.16. The quantitative estimate of drug-likeness (QED) is 0.892. The number of rotatable bonds is 4. The molecule has 1 amide bonds. The average Bonchev–Trinajstić information content (AvgIpc) is 3.22. The lowest BCUT2D eigenvalue weighted by atomic mass is 9.99. The highest BCUT2D eigenvalue weighted by Crippen LogP contribution is 2.45. The van der Waals surface area contributed by atoms with Crippen LogP contribution in [0.3, 0.4) is 0 Å².